The summed E-state index contributed by atoms with van der Waals surface area (Å²) in [6.45, 7) is 8.16. The molecule has 3 amide bonds. The Balaban J connectivity index is 1.50. The molecule has 33 heavy (non-hydrogen) atoms. The van der Waals surface area contributed by atoms with Crippen molar-refractivity contribution in [2.45, 2.75) is 46.7 Å². The van der Waals surface area contributed by atoms with Crippen LogP contribution in [0.3, 0.4) is 0 Å². The molecule has 1 aliphatic rings. The Labute approximate surface area is 197 Å². The largest absolute Gasteiger partial charge is 0.352 e. The summed E-state index contributed by atoms with van der Waals surface area (Å²) in [5.41, 5.74) is 3.31. The number of allylic oxidation sites excluding steroid dienone is 1. The van der Waals surface area contributed by atoms with Crippen LogP contribution in [0.4, 0.5) is 4.79 Å². The van der Waals surface area contributed by atoms with Crippen molar-refractivity contribution < 1.29 is 9.59 Å². The molecule has 3 N–H and O–H groups in total. The summed E-state index contributed by atoms with van der Waals surface area (Å²) in [6.07, 6.45) is 7.21. The maximum atomic E-state index is 12.6. The first-order valence-electron chi connectivity index (χ1n) is 11.8. The number of rotatable bonds is 9. The molecule has 6 heteroatoms. The maximum Gasteiger partial charge on any atom is 0.315 e. The molecule has 3 atom stereocenters. The molecule has 0 radical (unpaired) electrons. The molecule has 0 saturated heterocycles. The molecule has 0 fully saturated rings. The molecule has 0 aliphatic heterocycles. The zero-order valence-electron chi connectivity index (χ0n) is 19.9. The third-order valence-corrected chi connectivity index (χ3v) is 6.52. The average molecular weight is 449 g/mol. The summed E-state index contributed by atoms with van der Waals surface area (Å²) in [5, 5.41) is 8.99. The van der Waals surface area contributed by atoms with E-state index in [1.54, 1.807) is 12.4 Å². The third kappa shape index (κ3) is 7.74. The molecule has 176 valence electrons. The number of hydrogen-bond acceptors (Lipinski definition) is 3. The summed E-state index contributed by atoms with van der Waals surface area (Å²) in [7, 11) is 0. The van der Waals surface area contributed by atoms with Gasteiger partial charge in [-0.25, -0.2) is 4.79 Å². The van der Waals surface area contributed by atoms with Gasteiger partial charge in [0.15, 0.2) is 0 Å². The average Bonchev–Trinajstić information content (AvgIpc) is 2.82. The standard InChI is InChI=1S/C27H36N4O2/c1-19(2)25-13-23(14-26(32)29-17-22-10-7-11-28-15-22)20(3)12-24(25)18-31-27(33)30-16-21-8-5-4-6-9-21/h4-12,15,19,23-25H,13-14,16-18H2,1-3H3,(H,29,32)(H2,30,31,33)/t23-,24-,25-/m0/s1. The van der Waals surface area contributed by atoms with Crippen LogP contribution in [0.2, 0.25) is 0 Å². The minimum Gasteiger partial charge on any atom is -0.352 e. The van der Waals surface area contributed by atoms with Gasteiger partial charge in [0.2, 0.25) is 5.91 Å². The van der Waals surface area contributed by atoms with Gasteiger partial charge in [0, 0.05) is 38.4 Å². The molecule has 6 nitrogen and oxygen atoms in total. The first-order chi connectivity index (χ1) is 15.9. The fourth-order valence-corrected chi connectivity index (χ4v) is 4.56. The van der Waals surface area contributed by atoms with Crippen LogP contribution in [0.1, 0.15) is 44.7 Å². The summed E-state index contributed by atoms with van der Waals surface area (Å²) < 4.78 is 0. The molecular weight excluding hydrogens is 412 g/mol. The lowest BCUT2D eigenvalue weighted by atomic mass is 9.70. The van der Waals surface area contributed by atoms with Gasteiger partial charge in [-0.15, -0.1) is 0 Å². The van der Waals surface area contributed by atoms with Crippen molar-refractivity contribution in [1.82, 2.24) is 20.9 Å². The van der Waals surface area contributed by atoms with Gasteiger partial charge in [-0.3, -0.25) is 9.78 Å². The third-order valence-electron chi connectivity index (χ3n) is 6.52. The van der Waals surface area contributed by atoms with E-state index >= 15 is 0 Å². The normalized spacial score (nSPS) is 20.1. The van der Waals surface area contributed by atoms with Crippen molar-refractivity contribution in [3.63, 3.8) is 0 Å². The van der Waals surface area contributed by atoms with Gasteiger partial charge in [0.05, 0.1) is 0 Å². The van der Waals surface area contributed by atoms with Crippen LogP contribution < -0.4 is 16.0 Å². The van der Waals surface area contributed by atoms with Crippen molar-refractivity contribution in [2.24, 2.45) is 23.7 Å². The molecule has 1 heterocycles. The van der Waals surface area contributed by atoms with Gasteiger partial charge in [-0.1, -0.05) is 61.9 Å². The second-order valence-corrected chi connectivity index (χ2v) is 9.31. The van der Waals surface area contributed by atoms with Gasteiger partial charge in [-0.05, 0) is 54.2 Å². The van der Waals surface area contributed by atoms with Crippen molar-refractivity contribution in [1.29, 1.82) is 0 Å². The van der Waals surface area contributed by atoms with E-state index in [-0.39, 0.29) is 23.8 Å². The molecule has 3 rings (SSSR count). The number of benzene rings is 1. The number of urea groups is 1. The van der Waals surface area contributed by atoms with E-state index in [1.165, 1.54) is 5.57 Å². The van der Waals surface area contributed by atoms with Crippen LogP contribution in [-0.4, -0.2) is 23.5 Å². The lowest BCUT2D eigenvalue weighted by Crippen LogP contribution is -2.41. The van der Waals surface area contributed by atoms with E-state index in [2.05, 4.69) is 47.8 Å². The first kappa shape index (κ1) is 24.5. The van der Waals surface area contributed by atoms with E-state index in [0.29, 0.717) is 37.9 Å². The molecule has 1 aromatic carbocycles. The summed E-state index contributed by atoms with van der Waals surface area (Å²) in [5.74, 6) is 1.45. The highest BCUT2D eigenvalue weighted by molar-refractivity contribution is 5.76. The van der Waals surface area contributed by atoms with Crippen LogP contribution in [0.15, 0.2) is 66.5 Å². The second kappa shape index (κ2) is 12.2. The lowest BCUT2D eigenvalue weighted by molar-refractivity contribution is -0.122. The van der Waals surface area contributed by atoms with Crippen molar-refractivity contribution in [3.05, 3.63) is 77.6 Å². The monoisotopic (exact) mass is 448 g/mol. The smallest absolute Gasteiger partial charge is 0.315 e. The second-order valence-electron chi connectivity index (χ2n) is 9.31. The Morgan fingerprint density at radius 2 is 1.73 bits per heavy atom. The molecule has 0 unspecified atom stereocenters. The number of amides is 3. The number of carbonyl (C=O) groups excluding carboxylic acids is 2. The lowest BCUT2D eigenvalue weighted by Gasteiger charge is -2.37. The highest BCUT2D eigenvalue weighted by Crippen LogP contribution is 2.38. The fraction of sp³-hybridized carbons (Fsp3) is 0.444. The number of hydrogen-bond donors (Lipinski definition) is 3. The van der Waals surface area contributed by atoms with Crippen LogP contribution in [0.25, 0.3) is 0 Å². The Morgan fingerprint density at radius 1 is 1.00 bits per heavy atom. The predicted molar refractivity (Wildman–Crippen MR) is 131 cm³/mol. The van der Waals surface area contributed by atoms with Gasteiger partial charge in [0.1, 0.15) is 0 Å². The van der Waals surface area contributed by atoms with E-state index in [0.717, 1.165) is 17.5 Å². The number of carbonyl (C=O) groups is 2. The highest BCUT2D eigenvalue weighted by Gasteiger charge is 2.32. The fourth-order valence-electron chi connectivity index (χ4n) is 4.56. The Bertz CT molecular complexity index is 928. The van der Waals surface area contributed by atoms with Gasteiger partial charge >= 0.3 is 6.03 Å². The SMILES string of the molecule is CC1=C[C@@H](CNC(=O)NCc2ccccc2)[C@H](C(C)C)C[C@H]1CC(=O)NCc1cccnc1. The molecule has 0 spiro atoms. The van der Waals surface area contributed by atoms with Crippen molar-refractivity contribution in [3.8, 4) is 0 Å². The highest BCUT2D eigenvalue weighted by atomic mass is 16.2. The molecule has 2 aromatic rings. The van der Waals surface area contributed by atoms with E-state index in [4.69, 9.17) is 0 Å². The van der Waals surface area contributed by atoms with Crippen LogP contribution in [-0.2, 0) is 17.9 Å². The summed E-state index contributed by atoms with van der Waals surface area (Å²) in [6, 6.07) is 13.6. The van der Waals surface area contributed by atoms with Crippen molar-refractivity contribution in [2.75, 3.05) is 6.54 Å². The van der Waals surface area contributed by atoms with Crippen molar-refractivity contribution >= 4 is 11.9 Å². The van der Waals surface area contributed by atoms with E-state index in [9.17, 15) is 9.59 Å². The molecule has 1 aliphatic carbocycles. The molecule has 1 aromatic heterocycles. The number of aromatic nitrogens is 1. The Hall–Kier alpha value is -3.15. The zero-order valence-corrected chi connectivity index (χ0v) is 19.9. The quantitative estimate of drug-likeness (QED) is 0.496. The van der Waals surface area contributed by atoms with E-state index < -0.39 is 0 Å². The summed E-state index contributed by atoms with van der Waals surface area (Å²) in [4.78, 5) is 29.0. The number of pyridine rings is 1. The number of nitrogens with zero attached hydrogens (tertiary/aromatic N) is 1. The topological polar surface area (TPSA) is 83.1 Å². The predicted octanol–water partition coefficient (Wildman–Crippen LogP) is 4.44. The Morgan fingerprint density at radius 3 is 2.42 bits per heavy atom. The minimum absolute atomic E-state index is 0.0657. The van der Waals surface area contributed by atoms with Crippen LogP contribution in [0, 0.1) is 23.7 Å². The van der Waals surface area contributed by atoms with Gasteiger partial charge in [0.25, 0.3) is 0 Å². The molecular formula is C27H36N4O2. The van der Waals surface area contributed by atoms with Gasteiger partial charge in [-0.2, -0.15) is 0 Å². The van der Waals surface area contributed by atoms with Gasteiger partial charge < -0.3 is 16.0 Å². The van der Waals surface area contributed by atoms with E-state index in [1.807, 2.05) is 42.5 Å². The maximum absolute atomic E-state index is 12.6. The minimum atomic E-state index is -0.149. The zero-order chi connectivity index (χ0) is 23.6. The van der Waals surface area contributed by atoms with Crippen LogP contribution >= 0.6 is 0 Å². The molecule has 0 bridgehead atoms. The molecule has 0 saturated carbocycles. The Kier molecular flexibility index (Phi) is 9.04. The number of nitrogens with one attached hydrogen (secondary N) is 3. The van der Waals surface area contributed by atoms with Crippen LogP contribution in [0.5, 0.6) is 0 Å². The summed E-state index contributed by atoms with van der Waals surface area (Å²) >= 11 is 0. The first-order valence-corrected chi connectivity index (χ1v) is 11.8.